The van der Waals surface area contributed by atoms with E-state index in [1.165, 1.54) is 24.8 Å². The van der Waals surface area contributed by atoms with E-state index in [9.17, 15) is 9.59 Å². The van der Waals surface area contributed by atoms with Crippen LogP contribution in [0.1, 0.15) is 40.1 Å². The van der Waals surface area contributed by atoms with Gasteiger partial charge in [0.25, 0.3) is 5.91 Å². The maximum atomic E-state index is 11.7. The molecule has 0 atom stereocenters. The summed E-state index contributed by atoms with van der Waals surface area (Å²) in [4.78, 5) is 26.1. The smallest absolute Gasteiger partial charge is 0.354 e. The van der Waals surface area contributed by atoms with E-state index in [0.29, 0.717) is 18.0 Å². The van der Waals surface area contributed by atoms with Crippen LogP contribution >= 0.6 is 0 Å². The molecule has 0 bridgehead atoms. The second-order valence-corrected chi connectivity index (χ2v) is 4.24. The van der Waals surface area contributed by atoms with Gasteiger partial charge in [-0.25, -0.2) is 9.78 Å². The number of carboxylic acids is 1. The van der Waals surface area contributed by atoms with Gasteiger partial charge in [-0.15, -0.1) is 0 Å². The van der Waals surface area contributed by atoms with E-state index in [4.69, 9.17) is 5.11 Å². The number of pyridine rings is 1. The van der Waals surface area contributed by atoms with Crippen LogP contribution in [-0.2, 0) is 0 Å². The molecule has 1 amide bonds. The van der Waals surface area contributed by atoms with Crippen LogP contribution in [0.5, 0.6) is 0 Å². The van der Waals surface area contributed by atoms with Crippen molar-refractivity contribution in [2.75, 3.05) is 6.54 Å². The normalized spacial score (nSPS) is 15.1. The van der Waals surface area contributed by atoms with Crippen LogP contribution in [0, 0.1) is 5.92 Å². The van der Waals surface area contributed by atoms with Crippen LogP contribution in [-0.4, -0.2) is 28.5 Å². The van der Waals surface area contributed by atoms with Crippen LogP contribution in [0.15, 0.2) is 18.3 Å². The summed E-state index contributed by atoms with van der Waals surface area (Å²) in [5.74, 6) is -0.778. The molecule has 0 aliphatic heterocycles. The molecule has 1 fully saturated rings. The van der Waals surface area contributed by atoms with E-state index in [1.807, 2.05) is 0 Å². The number of rotatable bonds is 4. The summed E-state index contributed by atoms with van der Waals surface area (Å²) in [6.07, 6.45) is 4.90. The van der Waals surface area contributed by atoms with Crippen molar-refractivity contribution in [2.45, 2.75) is 19.3 Å². The van der Waals surface area contributed by atoms with Gasteiger partial charge >= 0.3 is 5.97 Å². The molecule has 2 rings (SSSR count). The average molecular weight is 234 g/mol. The molecule has 17 heavy (non-hydrogen) atoms. The highest BCUT2D eigenvalue weighted by molar-refractivity contribution is 5.96. The molecule has 0 unspecified atom stereocenters. The summed E-state index contributed by atoms with van der Waals surface area (Å²) in [7, 11) is 0. The van der Waals surface area contributed by atoms with Gasteiger partial charge in [-0.05, 0) is 30.9 Å². The minimum absolute atomic E-state index is 0.110. The number of nitrogens with zero attached hydrogens (tertiary/aromatic N) is 1. The summed E-state index contributed by atoms with van der Waals surface area (Å²) in [5.41, 5.74) is 0.234. The SMILES string of the molecule is O=C(NCC1CCC1)c1ccnc(C(=O)O)c1. The molecular formula is C12H14N2O3. The van der Waals surface area contributed by atoms with Crippen molar-refractivity contribution in [3.63, 3.8) is 0 Å². The van der Waals surface area contributed by atoms with Crippen LogP contribution < -0.4 is 5.32 Å². The second kappa shape index (κ2) is 4.95. The predicted octanol–water partition coefficient (Wildman–Crippen LogP) is 1.31. The van der Waals surface area contributed by atoms with E-state index in [0.717, 1.165) is 12.8 Å². The Morgan fingerprint density at radius 3 is 2.82 bits per heavy atom. The molecule has 1 aromatic rings. The lowest BCUT2D eigenvalue weighted by Gasteiger charge is -2.25. The second-order valence-electron chi connectivity index (χ2n) is 4.24. The van der Waals surface area contributed by atoms with Crippen LogP contribution in [0.2, 0.25) is 0 Å². The number of hydrogen-bond acceptors (Lipinski definition) is 3. The van der Waals surface area contributed by atoms with Crippen molar-refractivity contribution in [3.8, 4) is 0 Å². The Bertz CT molecular complexity index is 441. The Morgan fingerprint density at radius 1 is 1.47 bits per heavy atom. The Hall–Kier alpha value is -1.91. The molecular weight excluding hydrogens is 220 g/mol. The molecule has 5 nitrogen and oxygen atoms in total. The number of aromatic carboxylic acids is 1. The maximum Gasteiger partial charge on any atom is 0.354 e. The van der Waals surface area contributed by atoms with Gasteiger partial charge in [-0.2, -0.15) is 0 Å². The van der Waals surface area contributed by atoms with E-state index >= 15 is 0 Å². The minimum Gasteiger partial charge on any atom is -0.477 e. The number of carbonyl (C=O) groups is 2. The quantitative estimate of drug-likeness (QED) is 0.823. The van der Waals surface area contributed by atoms with Crippen LogP contribution in [0.4, 0.5) is 0 Å². The van der Waals surface area contributed by atoms with Gasteiger partial charge in [0.2, 0.25) is 0 Å². The van der Waals surface area contributed by atoms with Crippen LogP contribution in [0.25, 0.3) is 0 Å². The number of carbonyl (C=O) groups excluding carboxylic acids is 1. The molecule has 2 N–H and O–H groups in total. The highest BCUT2D eigenvalue weighted by atomic mass is 16.4. The van der Waals surface area contributed by atoms with E-state index < -0.39 is 5.97 Å². The third kappa shape index (κ3) is 2.81. The Morgan fingerprint density at radius 2 is 2.24 bits per heavy atom. The summed E-state index contributed by atoms with van der Waals surface area (Å²) in [5, 5.41) is 11.6. The average Bonchev–Trinajstić information content (AvgIpc) is 2.27. The molecule has 1 saturated carbocycles. The molecule has 1 aliphatic rings. The lowest BCUT2D eigenvalue weighted by molar-refractivity contribution is 0.0690. The highest BCUT2D eigenvalue weighted by Crippen LogP contribution is 2.25. The standard InChI is InChI=1S/C12H14N2O3/c15-11(14-7-8-2-1-3-8)9-4-5-13-10(6-9)12(16)17/h4-6,8H,1-3,7H2,(H,14,15)(H,16,17). The molecule has 0 spiro atoms. The Labute approximate surface area is 98.9 Å². The van der Waals surface area contributed by atoms with Gasteiger partial charge in [0, 0.05) is 18.3 Å². The van der Waals surface area contributed by atoms with E-state index in [1.54, 1.807) is 0 Å². The van der Waals surface area contributed by atoms with E-state index in [2.05, 4.69) is 10.3 Å². The number of aromatic nitrogens is 1. The number of carboxylic acid groups (broad SMARTS) is 1. The van der Waals surface area contributed by atoms with Crippen molar-refractivity contribution < 1.29 is 14.7 Å². The monoisotopic (exact) mass is 234 g/mol. The Kier molecular flexibility index (Phi) is 3.37. The molecule has 0 saturated heterocycles. The fourth-order valence-corrected chi connectivity index (χ4v) is 1.72. The number of nitrogens with one attached hydrogen (secondary N) is 1. The van der Waals surface area contributed by atoms with Crippen molar-refractivity contribution in [1.29, 1.82) is 0 Å². The van der Waals surface area contributed by atoms with Gasteiger partial charge in [-0.3, -0.25) is 4.79 Å². The van der Waals surface area contributed by atoms with Gasteiger partial charge < -0.3 is 10.4 Å². The number of hydrogen-bond donors (Lipinski definition) is 2. The molecule has 5 heteroatoms. The molecule has 0 radical (unpaired) electrons. The largest absolute Gasteiger partial charge is 0.477 e. The summed E-state index contributed by atoms with van der Waals surface area (Å²) in [6.45, 7) is 0.670. The van der Waals surface area contributed by atoms with Crippen molar-refractivity contribution in [1.82, 2.24) is 10.3 Å². The fourth-order valence-electron chi connectivity index (χ4n) is 1.72. The highest BCUT2D eigenvalue weighted by Gasteiger charge is 2.18. The molecule has 1 heterocycles. The summed E-state index contributed by atoms with van der Waals surface area (Å²) < 4.78 is 0. The predicted molar refractivity (Wildman–Crippen MR) is 60.9 cm³/mol. The minimum atomic E-state index is -1.13. The van der Waals surface area contributed by atoms with E-state index in [-0.39, 0.29) is 11.6 Å². The molecule has 0 aromatic carbocycles. The summed E-state index contributed by atoms with van der Waals surface area (Å²) >= 11 is 0. The zero-order valence-corrected chi connectivity index (χ0v) is 9.35. The first-order chi connectivity index (χ1) is 8.16. The zero-order chi connectivity index (χ0) is 12.3. The number of amides is 1. The first-order valence-corrected chi connectivity index (χ1v) is 5.64. The van der Waals surface area contributed by atoms with Crippen LogP contribution in [0.3, 0.4) is 0 Å². The maximum absolute atomic E-state index is 11.7. The zero-order valence-electron chi connectivity index (χ0n) is 9.35. The topological polar surface area (TPSA) is 79.3 Å². The van der Waals surface area contributed by atoms with Gasteiger partial charge in [0.05, 0.1) is 0 Å². The lowest BCUT2D eigenvalue weighted by atomic mass is 9.85. The first kappa shape index (κ1) is 11.6. The first-order valence-electron chi connectivity index (χ1n) is 5.64. The third-order valence-electron chi connectivity index (χ3n) is 3.02. The Balaban J connectivity index is 1.97. The molecule has 1 aromatic heterocycles. The van der Waals surface area contributed by atoms with Gasteiger partial charge in [0.15, 0.2) is 0 Å². The van der Waals surface area contributed by atoms with Gasteiger partial charge in [0.1, 0.15) is 5.69 Å². The third-order valence-corrected chi connectivity index (χ3v) is 3.02. The van der Waals surface area contributed by atoms with Crippen molar-refractivity contribution >= 4 is 11.9 Å². The van der Waals surface area contributed by atoms with Crippen molar-refractivity contribution in [2.24, 2.45) is 5.92 Å². The summed E-state index contributed by atoms with van der Waals surface area (Å²) in [6, 6.07) is 2.81. The molecule has 1 aliphatic carbocycles. The van der Waals surface area contributed by atoms with Crippen molar-refractivity contribution in [3.05, 3.63) is 29.6 Å². The molecule has 90 valence electrons. The fraction of sp³-hybridized carbons (Fsp3) is 0.417. The van der Waals surface area contributed by atoms with Gasteiger partial charge in [-0.1, -0.05) is 6.42 Å². The lowest BCUT2D eigenvalue weighted by Crippen LogP contribution is -2.32.